The van der Waals surface area contributed by atoms with E-state index in [1.165, 1.54) is 11.3 Å². The van der Waals surface area contributed by atoms with E-state index in [9.17, 15) is 4.79 Å². The van der Waals surface area contributed by atoms with E-state index >= 15 is 0 Å². The Morgan fingerprint density at radius 3 is 2.85 bits per heavy atom. The molecular weight excluding hydrogens is 272 g/mol. The third-order valence-electron chi connectivity index (χ3n) is 2.83. The number of hydrogen-bond acceptors (Lipinski definition) is 3. The lowest BCUT2D eigenvalue weighted by atomic mass is 10.1. The predicted octanol–water partition coefficient (Wildman–Crippen LogP) is 2.22. The van der Waals surface area contributed by atoms with E-state index < -0.39 is 0 Å². The van der Waals surface area contributed by atoms with Crippen LogP contribution in [0.25, 0.3) is 11.3 Å². The molecule has 1 N–H and O–H groups in total. The number of aryl methyl sites for hydroxylation is 1. The summed E-state index contributed by atoms with van der Waals surface area (Å²) in [4.78, 5) is 16.8. The van der Waals surface area contributed by atoms with Crippen LogP contribution >= 0.6 is 11.3 Å². The molecule has 2 heterocycles. The van der Waals surface area contributed by atoms with Gasteiger partial charge in [-0.1, -0.05) is 30.3 Å². The Bertz CT molecular complexity index is 798. The van der Waals surface area contributed by atoms with Crippen molar-refractivity contribution in [3.63, 3.8) is 0 Å². The van der Waals surface area contributed by atoms with Crippen LogP contribution in [0.3, 0.4) is 0 Å². The van der Waals surface area contributed by atoms with E-state index in [0.717, 1.165) is 11.3 Å². The van der Waals surface area contributed by atoms with Crippen LogP contribution in [0.1, 0.15) is 10.5 Å². The van der Waals surface area contributed by atoms with Gasteiger partial charge in [-0.2, -0.15) is 10.1 Å². The van der Waals surface area contributed by atoms with Crippen LogP contribution in [0.15, 0.2) is 53.0 Å². The van der Waals surface area contributed by atoms with Crippen LogP contribution in [-0.4, -0.2) is 20.7 Å². The summed E-state index contributed by atoms with van der Waals surface area (Å²) in [5.41, 5.74) is 2.08. The molecule has 0 fully saturated rings. The van der Waals surface area contributed by atoms with Crippen LogP contribution in [0, 0.1) is 0 Å². The lowest BCUT2D eigenvalue weighted by Crippen LogP contribution is -2.12. The number of hydrogen-bond donors (Lipinski definition) is 1. The summed E-state index contributed by atoms with van der Waals surface area (Å²) in [5.74, 6) is -0.322. The van der Waals surface area contributed by atoms with Crippen molar-refractivity contribution < 1.29 is 4.79 Å². The first-order valence-corrected chi connectivity index (χ1v) is 6.92. The number of H-pyrrole nitrogens is 1. The number of benzene rings is 1. The van der Waals surface area contributed by atoms with Gasteiger partial charge in [0.2, 0.25) is 0 Å². The largest absolute Gasteiger partial charge is 0.327 e. The maximum absolute atomic E-state index is 12.1. The van der Waals surface area contributed by atoms with Crippen molar-refractivity contribution in [1.82, 2.24) is 14.8 Å². The third-order valence-corrected chi connectivity index (χ3v) is 3.68. The Labute approximate surface area is 119 Å². The molecule has 20 heavy (non-hydrogen) atoms. The van der Waals surface area contributed by atoms with Gasteiger partial charge in [-0.3, -0.25) is 9.89 Å². The first kappa shape index (κ1) is 12.6. The van der Waals surface area contributed by atoms with E-state index in [1.54, 1.807) is 10.6 Å². The van der Waals surface area contributed by atoms with Crippen molar-refractivity contribution in [3.05, 3.63) is 58.5 Å². The molecule has 6 heteroatoms. The molecule has 0 atom stereocenters. The zero-order valence-corrected chi connectivity index (χ0v) is 11.6. The van der Waals surface area contributed by atoms with E-state index in [2.05, 4.69) is 15.2 Å². The van der Waals surface area contributed by atoms with Gasteiger partial charge in [-0.05, 0) is 6.07 Å². The summed E-state index contributed by atoms with van der Waals surface area (Å²) >= 11 is 1.42. The highest BCUT2D eigenvalue weighted by Gasteiger charge is 2.10. The van der Waals surface area contributed by atoms with Crippen molar-refractivity contribution in [2.75, 3.05) is 0 Å². The topological polar surface area (TPSA) is 63.0 Å². The second kappa shape index (κ2) is 5.26. The van der Waals surface area contributed by atoms with Crippen LogP contribution in [0.5, 0.6) is 0 Å². The summed E-state index contributed by atoms with van der Waals surface area (Å²) in [6, 6.07) is 11.4. The van der Waals surface area contributed by atoms with Gasteiger partial charge in [0.25, 0.3) is 5.91 Å². The maximum atomic E-state index is 12.1. The summed E-state index contributed by atoms with van der Waals surface area (Å²) in [5, 5.41) is 8.77. The van der Waals surface area contributed by atoms with Crippen molar-refractivity contribution in [3.8, 4) is 11.3 Å². The Kier molecular flexibility index (Phi) is 3.30. The van der Waals surface area contributed by atoms with Gasteiger partial charge in [0, 0.05) is 24.2 Å². The minimum absolute atomic E-state index is 0.322. The van der Waals surface area contributed by atoms with Crippen molar-refractivity contribution in [1.29, 1.82) is 0 Å². The Morgan fingerprint density at radius 1 is 1.35 bits per heavy atom. The normalized spacial score (nSPS) is 11.8. The van der Waals surface area contributed by atoms with Crippen LogP contribution in [0.4, 0.5) is 0 Å². The molecule has 0 aliphatic carbocycles. The average molecular weight is 284 g/mol. The zero-order valence-electron chi connectivity index (χ0n) is 10.8. The first-order valence-electron chi connectivity index (χ1n) is 6.04. The van der Waals surface area contributed by atoms with E-state index in [4.69, 9.17) is 0 Å². The van der Waals surface area contributed by atoms with Crippen LogP contribution < -0.4 is 4.80 Å². The molecule has 0 bridgehead atoms. The standard InChI is InChI=1S/C14H12N4OS/c1-18-7-8-20-14(18)15-13(19)12-9-11(16-17-12)10-5-3-2-4-6-10/h2-9H,1H3,(H,16,17). The molecule has 1 aromatic carbocycles. The molecular formula is C14H12N4OS. The summed E-state index contributed by atoms with van der Waals surface area (Å²) < 4.78 is 1.80. The molecule has 0 saturated heterocycles. The van der Waals surface area contributed by atoms with Gasteiger partial charge in [0.1, 0.15) is 5.69 Å². The molecule has 3 aromatic rings. The van der Waals surface area contributed by atoms with E-state index in [1.807, 2.05) is 49.0 Å². The molecule has 0 saturated carbocycles. The van der Waals surface area contributed by atoms with Gasteiger partial charge in [-0.25, -0.2) is 0 Å². The highest BCUT2D eigenvalue weighted by molar-refractivity contribution is 7.07. The number of thiazole rings is 1. The SMILES string of the molecule is Cn1ccsc1=NC(=O)c1cc(-c2ccccc2)n[nH]1. The molecule has 0 radical (unpaired) electrons. The van der Waals surface area contributed by atoms with Crippen LogP contribution in [0.2, 0.25) is 0 Å². The second-order valence-electron chi connectivity index (χ2n) is 4.25. The molecule has 0 aliphatic rings. The first-order chi connectivity index (χ1) is 9.74. The monoisotopic (exact) mass is 284 g/mol. The molecule has 100 valence electrons. The average Bonchev–Trinajstić information content (AvgIpc) is 3.10. The number of rotatable bonds is 2. The summed E-state index contributed by atoms with van der Waals surface area (Å²) in [7, 11) is 1.85. The number of carbonyl (C=O) groups excluding carboxylic acids is 1. The predicted molar refractivity (Wildman–Crippen MR) is 77.2 cm³/mol. The van der Waals surface area contributed by atoms with Gasteiger partial charge >= 0.3 is 0 Å². The fourth-order valence-electron chi connectivity index (χ4n) is 1.77. The molecule has 0 unspecified atom stereocenters. The third kappa shape index (κ3) is 2.46. The number of aromatic nitrogens is 3. The molecule has 1 amide bonds. The summed E-state index contributed by atoms with van der Waals surface area (Å²) in [6.07, 6.45) is 1.86. The minimum Gasteiger partial charge on any atom is -0.327 e. The smallest absolute Gasteiger partial charge is 0.297 e. The van der Waals surface area contributed by atoms with Gasteiger partial charge in [-0.15, -0.1) is 11.3 Å². The van der Waals surface area contributed by atoms with Gasteiger partial charge < -0.3 is 4.57 Å². The number of nitrogens with one attached hydrogen (secondary N) is 1. The highest BCUT2D eigenvalue weighted by atomic mass is 32.1. The van der Waals surface area contributed by atoms with E-state index in [0.29, 0.717) is 10.5 Å². The van der Waals surface area contributed by atoms with Gasteiger partial charge in [0.15, 0.2) is 4.80 Å². The second-order valence-corrected chi connectivity index (χ2v) is 5.12. The number of aromatic amines is 1. The van der Waals surface area contributed by atoms with Gasteiger partial charge in [0.05, 0.1) is 5.69 Å². The molecule has 0 spiro atoms. The lowest BCUT2D eigenvalue weighted by molar-refractivity contribution is 0.0993. The molecule has 5 nitrogen and oxygen atoms in total. The highest BCUT2D eigenvalue weighted by Crippen LogP contribution is 2.17. The number of nitrogens with zero attached hydrogens (tertiary/aromatic N) is 3. The fraction of sp³-hybridized carbons (Fsp3) is 0.0714. The lowest BCUT2D eigenvalue weighted by Gasteiger charge is -1.92. The van der Waals surface area contributed by atoms with Crippen molar-refractivity contribution >= 4 is 17.2 Å². The Morgan fingerprint density at radius 2 is 2.15 bits per heavy atom. The molecule has 3 rings (SSSR count). The fourth-order valence-corrected chi connectivity index (χ4v) is 2.50. The van der Waals surface area contributed by atoms with Crippen molar-refractivity contribution in [2.24, 2.45) is 12.0 Å². The van der Waals surface area contributed by atoms with E-state index in [-0.39, 0.29) is 5.91 Å². The molecule has 2 aromatic heterocycles. The molecule has 0 aliphatic heterocycles. The Balaban J connectivity index is 1.92. The Hall–Kier alpha value is -2.47. The maximum Gasteiger partial charge on any atom is 0.297 e. The van der Waals surface area contributed by atoms with Crippen LogP contribution in [-0.2, 0) is 7.05 Å². The zero-order chi connectivity index (χ0) is 13.9. The van der Waals surface area contributed by atoms with Crippen molar-refractivity contribution in [2.45, 2.75) is 0 Å². The number of amides is 1. The number of carbonyl (C=O) groups is 1. The minimum atomic E-state index is -0.322. The quantitative estimate of drug-likeness (QED) is 0.784. The summed E-state index contributed by atoms with van der Waals surface area (Å²) in [6.45, 7) is 0.